The van der Waals surface area contributed by atoms with Gasteiger partial charge in [0.05, 0.1) is 31.0 Å². The van der Waals surface area contributed by atoms with E-state index in [1.807, 2.05) is 12.1 Å². The van der Waals surface area contributed by atoms with Gasteiger partial charge in [0.25, 0.3) is 0 Å². The highest BCUT2D eigenvalue weighted by molar-refractivity contribution is 5.92. The van der Waals surface area contributed by atoms with Crippen LogP contribution in [-0.2, 0) is 0 Å². The maximum Gasteiger partial charge on any atom is 0.337 e. The van der Waals surface area contributed by atoms with E-state index in [1.54, 1.807) is 68.8 Å². The summed E-state index contributed by atoms with van der Waals surface area (Å²) in [4.78, 5) is 16.4. The molecule has 33 heavy (non-hydrogen) atoms. The summed E-state index contributed by atoms with van der Waals surface area (Å²) in [5.74, 6) is 0.769. The number of benzene rings is 3. The van der Waals surface area contributed by atoms with Crippen LogP contribution in [0.25, 0.3) is 29.2 Å². The number of nitrogens with zero attached hydrogens (tertiary/aromatic N) is 3. The van der Waals surface area contributed by atoms with E-state index in [2.05, 4.69) is 10.1 Å². The van der Waals surface area contributed by atoms with Crippen LogP contribution in [0.15, 0.2) is 66.7 Å². The molecule has 0 spiro atoms. The Morgan fingerprint density at radius 1 is 0.939 bits per heavy atom. The minimum atomic E-state index is -1.09. The molecule has 0 aliphatic rings. The Labute approximate surface area is 190 Å². The van der Waals surface area contributed by atoms with Crippen LogP contribution < -0.4 is 9.47 Å². The van der Waals surface area contributed by atoms with E-state index < -0.39 is 5.97 Å². The second kappa shape index (κ2) is 9.27. The summed E-state index contributed by atoms with van der Waals surface area (Å²) in [6.07, 6.45) is 3.50. The molecule has 8 nitrogen and oxygen atoms in total. The molecule has 0 unspecified atom stereocenters. The molecule has 1 aromatic heterocycles. The molecule has 0 fully saturated rings. The summed E-state index contributed by atoms with van der Waals surface area (Å²) in [5.41, 5.74) is 1.66. The third-order valence-corrected chi connectivity index (χ3v) is 4.96. The van der Waals surface area contributed by atoms with Crippen molar-refractivity contribution in [2.75, 3.05) is 14.2 Å². The number of methoxy groups -OCH3 is 2. The maximum atomic E-state index is 11.8. The van der Waals surface area contributed by atoms with Gasteiger partial charge in [-0.25, -0.2) is 14.5 Å². The second-order valence-electron chi connectivity index (χ2n) is 6.99. The molecule has 2 N–H and O–H groups in total. The highest BCUT2D eigenvalue weighted by Crippen LogP contribution is 2.31. The molecule has 0 radical (unpaired) electrons. The van der Waals surface area contributed by atoms with Crippen molar-refractivity contribution in [3.8, 4) is 34.3 Å². The number of phenols is 1. The van der Waals surface area contributed by atoms with E-state index in [0.29, 0.717) is 34.4 Å². The zero-order valence-corrected chi connectivity index (χ0v) is 18.0. The van der Waals surface area contributed by atoms with Gasteiger partial charge in [-0.2, -0.15) is 0 Å². The average molecular weight is 443 g/mol. The van der Waals surface area contributed by atoms with Crippen molar-refractivity contribution in [3.63, 3.8) is 0 Å². The number of carboxylic acid groups (broad SMARTS) is 1. The number of para-hydroxylation sites is 2. The van der Waals surface area contributed by atoms with E-state index in [9.17, 15) is 15.0 Å². The lowest BCUT2D eigenvalue weighted by Crippen LogP contribution is -2.08. The molecule has 0 atom stereocenters. The van der Waals surface area contributed by atoms with Crippen molar-refractivity contribution >= 4 is 18.1 Å². The number of hydrogen-bond donors (Lipinski definition) is 2. The number of aromatic hydroxyl groups is 1. The van der Waals surface area contributed by atoms with E-state index in [0.717, 1.165) is 5.56 Å². The van der Waals surface area contributed by atoms with Crippen molar-refractivity contribution in [2.24, 2.45) is 0 Å². The van der Waals surface area contributed by atoms with Crippen LogP contribution in [0.4, 0.5) is 0 Å². The van der Waals surface area contributed by atoms with Gasteiger partial charge in [-0.05, 0) is 48.0 Å². The average Bonchev–Trinajstić information content (AvgIpc) is 3.26. The number of aromatic carboxylic acids is 1. The molecule has 0 saturated carbocycles. The third kappa shape index (κ3) is 4.40. The third-order valence-electron chi connectivity index (χ3n) is 4.96. The summed E-state index contributed by atoms with van der Waals surface area (Å²) in [5, 5.41) is 24.6. The fraction of sp³-hybridized carbons (Fsp3) is 0.0800. The summed E-state index contributed by atoms with van der Waals surface area (Å²) in [6, 6.07) is 18.7. The smallest absolute Gasteiger partial charge is 0.337 e. The Morgan fingerprint density at radius 2 is 1.67 bits per heavy atom. The fourth-order valence-corrected chi connectivity index (χ4v) is 3.37. The Balaban J connectivity index is 1.82. The van der Waals surface area contributed by atoms with Gasteiger partial charge in [0.1, 0.15) is 5.75 Å². The molecule has 0 aliphatic carbocycles. The maximum absolute atomic E-state index is 11.8. The van der Waals surface area contributed by atoms with E-state index in [-0.39, 0.29) is 11.3 Å². The number of ether oxygens (including phenoxy) is 2. The van der Waals surface area contributed by atoms with Gasteiger partial charge in [-0.1, -0.05) is 36.4 Å². The van der Waals surface area contributed by atoms with E-state index >= 15 is 0 Å². The zero-order chi connectivity index (χ0) is 23.4. The first-order chi connectivity index (χ1) is 16.0. The predicted octanol–water partition coefficient (Wildman–Crippen LogP) is 4.53. The van der Waals surface area contributed by atoms with Gasteiger partial charge < -0.3 is 19.7 Å². The SMILES string of the molecule is COc1ccc(C=Cc2nc(-c3ccccc3O)n(-c3ccccc3C(=O)O)n2)cc1OC. The largest absolute Gasteiger partial charge is 0.507 e. The molecule has 4 rings (SSSR count). The highest BCUT2D eigenvalue weighted by Gasteiger charge is 2.19. The molecular weight excluding hydrogens is 422 g/mol. The predicted molar refractivity (Wildman–Crippen MR) is 124 cm³/mol. The summed E-state index contributed by atoms with van der Waals surface area (Å²) >= 11 is 0. The first-order valence-electron chi connectivity index (χ1n) is 10.00. The first-order valence-corrected chi connectivity index (χ1v) is 10.00. The summed E-state index contributed by atoms with van der Waals surface area (Å²) < 4.78 is 12.0. The van der Waals surface area contributed by atoms with Crippen molar-refractivity contribution in [3.05, 3.63) is 83.7 Å². The molecule has 166 valence electrons. The van der Waals surface area contributed by atoms with E-state index in [4.69, 9.17) is 9.47 Å². The lowest BCUT2D eigenvalue weighted by Gasteiger charge is -2.09. The molecule has 3 aromatic carbocycles. The van der Waals surface area contributed by atoms with Crippen LogP contribution in [0.1, 0.15) is 21.7 Å². The minimum Gasteiger partial charge on any atom is -0.507 e. The quantitative estimate of drug-likeness (QED) is 0.432. The Bertz CT molecular complexity index is 1340. The molecule has 4 aromatic rings. The van der Waals surface area contributed by atoms with Crippen molar-refractivity contribution < 1.29 is 24.5 Å². The van der Waals surface area contributed by atoms with Crippen LogP contribution in [0, 0.1) is 0 Å². The topological polar surface area (TPSA) is 107 Å². The van der Waals surface area contributed by atoms with Crippen LogP contribution in [0.2, 0.25) is 0 Å². The summed E-state index contributed by atoms with van der Waals surface area (Å²) in [6.45, 7) is 0. The Morgan fingerprint density at radius 3 is 2.39 bits per heavy atom. The number of aromatic nitrogens is 3. The minimum absolute atomic E-state index is 0.00868. The van der Waals surface area contributed by atoms with Crippen LogP contribution >= 0.6 is 0 Å². The normalized spacial score (nSPS) is 11.0. The standard InChI is InChI=1S/C25H21N3O5/c1-32-21-13-11-16(15-22(21)33-2)12-14-23-26-24(18-8-4-6-10-20(18)29)28(27-23)19-9-5-3-7-17(19)25(30)31/h3-15,29H,1-2H3,(H,30,31). The first kappa shape index (κ1) is 21.6. The Hall–Kier alpha value is -4.59. The van der Waals surface area contributed by atoms with Crippen molar-refractivity contribution in [1.29, 1.82) is 0 Å². The Kier molecular flexibility index (Phi) is 6.08. The summed E-state index contributed by atoms with van der Waals surface area (Å²) in [7, 11) is 3.13. The number of rotatable bonds is 7. The van der Waals surface area contributed by atoms with Crippen molar-refractivity contribution in [2.45, 2.75) is 0 Å². The van der Waals surface area contributed by atoms with Gasteiger partial charge in [-0.15, -0.1) is 5.10 Å². The van der Waals surface area contributed by atoms with Crippen LogP contribution in [0.5, 0.6) is 17.2 Å². The highest BCUT2D eigenvalue weighted by atomic mass is 16.5. The van der Waals surface area contributed by atoms with Crippen LogP contribution in [0.3, 0.4) is 0 Å². The molecule has 0 amide bonds. The molecule has 0 saturated heterocycles. The monoisotopic (exact) mass is 443 g/mol. The van der Waals surface area contributed by atoms with Gasteiger partial charge in [0.15, 0.2) is 23.1 Å². The lowest BCUT2D eigenvalue weighted by atomic mass is 10.1. The number of carboxylic acids is 1. The van der Waals surface area contributed by atoms with Gasteiger partial charge in [0.2, 0.25) is 0 Å². The zero-order valence-electron chi connectivity index (χ0n) is 18.0. The molecular formula is C25H21N3O5. The molecule has 8 heteroatoms. The van der Waals surface area contributed by atoms with Crippen LogP contribution in [-0.4, -0.2) is 45.2 Å². The van der Waals surface area contributed by atoms with Gasteiger partial charge >= 0.3 is 5.97 Å². The second-order valence-corrected chi connectivity index (χ2v) is 6.99. The van der Waals surface area contributed by atoms with Gasteiger partial charge in [0, 0.05) is 0 Å². The molecule has 0 bridgehead atoms. The van der Waals surface area contributed by atoms with Gasteiger partial charge in [-0.3, -0.25) is 0 Å². The molecule has 1 heterocycles. The number of hydrogen-bond acceptors (Lipinski definition) is 6. The lowest BCUT2D eigenvalue weighted by molar-refractivity contribution is 0.0696. The molecule has 0 aliphatic heterocycles. The van der Waals surface area contributed by atoms with Crippen molar-refractivity contribution in [1.82, 2.24) is 14.8 Å². The number of carbonyl (C=O) groups is 1. The number of phenolic OH excluding ortho intramolecular Hbond substituents is 1. The fourth-order valence-electron chi connectivity index (χ4n) is 3.37. The van der Waals surface area contributed by atoms with E-state index in [1.165, 1.54) is 16.8 Å².